The highest BCUT2D eigenvalue weighted by molar-refractivity contribution is 6.02. The zero-order valence-corrected chi connectivity index (χ0v) is 15.5. The van der Waals surface area contributed by atoms with Crippen molar-refractivity contribution in [3.05, 3.63) is 48.0 Å². The molecule has 6 nitrogen and oxygen atoms in total. The van der Waals surface area contributed by atoms with Gasteiger partial charge >= 0.3 is 0 Å². The largest absolute Gasteiger partial charge is 0.497 e. The number of aryl methyl sites for hydroxylation is 1. The Balaban J connectivity index is 2.19. The van der Waals surface area contributed by atoms with Crippen LogP contribution < -0.4 is 19.7 Å². The number of amides is 2. The van der Waals surface area contributed by atoms with Gasteiger partial charge in [-0.05, 0) is 36.2 Å². The minimum atomic E-state index is -0.297. The van der Waals surface area contributed by atoms with Gasteiger partial charge in [-0.25, -0.2) is 0 Å². The predicted molar refractivity (Wildman–Crippen MR) is 102 cm³/mol. The molecule has 2 rings (SSSR count). The summed E-state index contributed by atoms with van der Waals surface area (Å²) in [4.78, 5) is 25.9. The van der Waals surface area contributed by atoms with Gasteiger partial charge in [0.25, 0.3) is 0 Å². The van der Waals surface area contributed by atoms with Crippen molar-refractivity contribution in [3.63, 3.8) is 0 Å². The summed E-state index contributed by atoms with van der Waals surface area (Å²) in [6.45, 7) is 3.34. The first-order chi connectivity index (χ1) is 12.5. The van der Waals surface area contributed by atoms with Gasteiger partial charge in [-0.2, -0.15) is 0 Å². The Morgan fingerprint density at radius 2 is 1.73 bits per heavy atom. The number of hydrogen-bond acceptors (Lipinski definition) is 4. The van der Waals surface area contributed by atoms with Crippen LogP contribution in [0, 0.1) is 0 Å². The molecule has 1 N–H and O–H groups in total. The van der Waals surface area contributed by atoms with Crippen LogP contribution in [0.5, 0.6) is 11.5 Å². The minimum Gasteiger partial charge on any atom is -0.497 e. The van der Waals surface area contributed by atoms with Crippen molar-refractivity contribution in [2.24, 2.45) is 0 Å². The molecule has 0 fully saturated rings. The SMILES string of the molecule is CCc1ccc(NC(=O)CN(C(C)=O)c2cc(OC)ccc2OC)cc1. The fourth-order valence-corrected chi connectivity index (χ4v) is 2.54. The first kappa shape index (κ1) is 19.3. The van der Waals surface area contributed by atoms with E-state index >= 15 is 0 Å². The number of ether oxygens (including phenoxy) is 2. The van der Waals surface area contributed by atoms with E-state index in [9.17, 15) is 9.59 Å². The van der Waals surface area contributed by atoms with Crippen molar-refractivity contribution in [3.8, 4) is 11.5 Å². The Labute approximate surface area is 153 Å². The predicted octanol–water partition coefficient (Wildman–Crippen LogP) is 3.26. The van der Waals surface area contributed by atoms with Crippen molar-refractivity contribution in [2.45, 2.75) is 20.3 Å². The molecule has 2 aromatic carbocycles. The highest BCUT2D eigenvalue weighted by atomic mass is 16.5. The van der Waals surface area contributed by atoms with E-state index in [0.29, 0.717) is 22.9 Å². The van der Waals surface area contributed by atoms with Crippen molar-refractivity contribution < 1.29 is 19.1 Å². The maximum atomic E-state index is 12.4. The minimum absolute atomic E-state index is 0.131. The van der Waals surface area contributed by atoms with Crippen LogP contribution in [0.2, 0.25) is 0 Å². The Kier molecular flexibility index (Phi) is 6.60. The molecular formula is C20H24N2O4. The van der Waals surface area contributed by atoms with Gasteiger partial charge in [-0.15, -0.1) is 0 Å². The van der Waals surface area contributed by atoms with Gasteiger partial charge in [-0.1, -0.05) is 19.1 Å². The Morgan fingerprint density at radius 3 is 2.27 bits per heavy atom. The summed E-state index contributed by atoms with van der Waals surface area (Å²) >= 11 is 0. The third kappa shape index (κ3) is 4.75. The molecule has 0 heterocycles. The van der Waals surface area contributed by atoms with Crippen LogP contribution in [0.3, 0.4) is 0 Å². The van der Waals surface area contributed by atoms with E-state index in [4.69, 9.17) is 9.47 Å². The third-order valence-corrected chi connectivity index (χ3v) is 4.00. The van der Waals surface area contributed by atoms with Crippen LogP contribution in [0.4, 0.5) is 11.4 Å². The van der Waals surface area contributed by atoms with E-state index in [1.807, 2.05) is 24.3 Å². The molecule has 0 aromatic heterocycles. The summed E-state index contributed by atoms with van der Waals surface area (Å²) in [6.07, 6.45) is 0.933. The van der Waals surface area contributed by atoms with Gasteiger partial charge in [0.15, 0.2) is 0 Å². The van der Waals surface area contributed by atoms with E-state index in [0.717, 1.165) is 6.42 Å². The molecule has 0 aliphatic rings. The highest BCUT2D eigenvalue weighted by Gasteiger charge is 2.20. The van der Waals surface area contributed by atoms with Crippen molar-refractivity contribution in [1.82, 2.24) is 0 Å². The standard InChI is InChI=1S/C20H24N2O4/c1-5-15-6-8-16(9-7-15)21-20(24)13-22(14(2)23)18-12-17(25-3)10-11-19(18)26-4/h6-12H,5,13H2,1-4H3,(H,21,24). The molecule has 0 saturated heterocycles. The molecule has 0 atom stereocenters. The molecule has 0 aliphatic carbocycles. The zero-order valence-electron chi connectivity index (χ0n) is 15.5. The lowest BCUT2D eigenvalue weighted by atomic mass is 10.1. The molecule has 2 aromatic rings. The molecule has 0 radical (unpaired) electrons. The monoisotopic (exact) mass is 356 g/mol. The number of rotatable bonds is 7. The summed E-state index contributed by atoms with van der Waals surface area (Å²) in [7, 11) is 3.05. The Hall–Kier alpha value is -3.02. The normalized spacial score (nSPS) is 10.2. The molecular weight excluding hydrogens is 332 g/mol. The quantitative estimate of drug-likeness (QED) is 0.827. The summed E-state index contributed by atoms with van der Waals surface area (Å²) in [5.41, 5.74) is 2.36. The molecule has 2 amide bonds. The molecule has 0 unspecified atom stereocenters. The number of anilines is 2. The van der Waals surface area contributed by atoms with Gasteiger partial charge in [-0.3, -0.25) is 14.5 Å². The fourth-order valence-electron chi connectivity index (χ4n) is 2.54. The van der Waals surface area contributed by atoms with E-state index in [-0.39, 0.29) is 18.4 Å². The Bertz CT molecular complexity index is 772. The molecule has 0 bridgehead atoms. The van der Waals surface area contributed by atoms with Crippen LogP contribution in [-0.2, 0) is 16.0 Å². The van der Waals surface area contributed by atoms with Crippen molar-refractivity contribution in [1.29, 1.82) is 0 Å². The van der Waals surface area contributed by atoms with Gasteiger partial charge in [0.05, 0.1) is 19.9 Å². The van der Waals surface area contributed by atoms with Crippen LogP contribution in [0.25, 0.3) is 0 Å². The highest BCUT2D eigenvalue weighted by Crippen LogP contribution is 2.32. The van der Waals surface area contributed by atoms with Gasteiger partial charge in [0.1, 0.15) is 18.0 Å². The summed E-state index contributed by atoms with van der Waals surface area (Å²) < 4.78 is 10.5. The lowest BCUT2D eigenvalue weighted by Crippen LogP contribution is -2.37. The zero-order chi connectivity index (χ0) is 19.1. The molecule has 26 heavy (non-hydrogen) atoms. The second-order valence-electron chi connectivity index (χ2n) is 5.74. The summed E-state index contributed by atoms with van der Waals surface area (Å²) in [5, 5.41) is 2.81. The first-order valence-corrected chi connectivity index (χ1v) is 8.37. The maximum Gasteiger partial charge on any atom is 0.244 e. The number of methoxy groups -OCH3 is 2. The summed E-state index contributed by atoms with van der Waals surface area (Å²) in [6, 6.07) is 12.7. The van der Waals surface area contributed by atoms with Crippen molar-refractivity contribution >= 4 is 23.2 Å². The number of hydrogen-bond donors (Lipinski definition) is 1. The number of carbonyl (C=O) groups excluding carboxylic acids is 2. The van der Waals surface area contributed by atoms with Crippen LogP contribution in [-0.4, -0.2) is 32.6 Å². The third-order valence-electron chi connectivity index (χ3n) is 4.00. The number of benzene rings is 2. The lowest BCUT2D eigenvalue weighted by molar-refractivity contribution is -0.120. The van der Waals surface area contributed by atoms with Gasteiger partial charge in [0.2, 0.25) is 11.8 Å². The van der Waals surface area contributed by atoms with E-state index in [2.05, 4.69) is 12.2 Å². The molecule has 0 spiro atoms. The van der Waals surface area contributed by atoms with Gasteiger partial charge in [0, 0.05) is 18.7 Å². The maximum absolute atomic E-state index is 12.4. The smallest absolute Gasteiger partial charge is 0.244 e. The van der Waals surface area contributed by atoms with Crippen molar-refractivity contribution in [2.75, 3.05) is 31.0 Å². The number of carbonyl (C=O) groups is 2. The van der Waals surface area contributed by atoms with Crippen LogP contribution in [0.15, 0.2) is 42.5 Å². The number of nitrogens with zero attached hydrogens (tertiary/aromatic N) is 1. The van der Waals surface area contributed by atoms with Gasteiger partial charge < -0.3 is 14.8 Å². The van der Waals surface area contributed by atoms with Crippen LogP contribution >= 0.6 is 0 Å². The average molecular weight is 356 g/mol. The Morgan fingerprint density at radius 1 is 1.04 bits per heavy atom. The van der Waals surface area contributed by atoms with E-state index < -0.39 is 0 Å². The van der Waals surface area contributed by atoms with E-state index in [1.54, 1.807) is 18.2 Å². The fraction of sp³-hybridized carbons (Fsp3) is 0.300. The topological polar surface area (TPSA) is 67.9 Å². The second-order valence-corrected chi connectivity index (χ2v) is 5.74. The summed E-state index contributed by atoms with van der Waals surface area (Å²) in [5.74, 6) is 0.492. The molecule has 0 aliphatic heterocycles. The molecule has 138 valence electrons. The molecule has 0 saturated carbocycles. The van der Waals surface area contributed by atoms with Crippen LogP contribution in [0.1, 0.15) is 19.4 Å². The van der Waals surface area contributed by atoms with E-state index in [1.165, 1.54) is 31.6 Å². The number of nitrogens with one attached hydrogen (secondary N) is 1. The second kappa shape index (κ2) is 8.89. The average Bonchev–Trinajstić information content (AvgIpc) is 2.66. The first-order valence-electron chi connectivity index (χ1n) is 8.37. The molecule has 6 heteroatoms. The lowest BCUT2D eigenvalue weighted by Gasteiger charge is -2.23.